The minimum absolute atomic E-state index is 0.298. The van der Waals surface area contributed by atoms with Gasteiger partial charge in [-0.1, -0.05) is 23.7 Å². The minimum atomic E-state index is -0.298. The van der Waals surface area contributed by atoms with E-state index >= 15 is 0 Å². The average Bonchev–Trinajstić information content (AvgIpc) is 2.67. The number of carbonyl (C=O) groups is 1. The third-order valence-corrected chi connectivity index (χ3v) is 4.01. The van der Waals surface area contributed by atoms with Crippen molar-refractivity contribution in [1.82, 2.24) is 9.80 Å². The molecule has 4 nitrogen and oxygen atoms in total. The lowest BCUT2D eigenvalue weighted by Gasteiger charge is -2.20. The molecule has 0 saturated carbocycles. The number of aryl methyl sites for hydroxylation is 1. The van der Waals surface area contributed by atoms with Crippen molar-refractivity contribution in [2.24, 2.45) is 5.73 Å². The van der Waals surface area contributed by atoms with Crippen LogP contribution in [0, 0.1) is 0 Å². The van der Waals surface area contributed by atoms with Crippen LogP contribution in [0.4, 0.5) is 4.79 Å². The second-order valence-corrected chi connectivity index (χ2v) is 5.69. The molecule has 1 aliphatic heterocycles. The molecular formula is C15H22ClN3O. The molecular weight excluding hydrogens is 274 g/mol. The number of rotatable bonds is 4. The van der Waals surface area contributed by atoms with E-state index in [-0.39, 0.29) is 6.03 Å². The van der Waals surface area contributed by atoms with Crippen LogP contribution < -0.4 is 5.73 Å². The van der Waals surface area contributed by atoms with Crippen LogP contribution >= 0.6 is 11.6 Å². The molecule has 1 heterocycles. The van der Waals surface area contributed by atoms with E-state index < -0.39 is 0 Å². The molecule has 0 atom stereocenters. The quantitative estimate of drug-likeness (QED) is 0.927. The Balaban J connectivity index is 1.71. The van der Waals surface area contributed by atoms with Crippen molar-refractivity contribution in [1.29, 1.82) is 0 Å². The van der Waals surface area contributed by atoms with Crippen LogP contribution in [0.5, 0.6) is 0 Å². The summed E-state index contributed by atoms with van der Waals surface area (Å²) < 4.78 is 0. The molecule has 0 aliphatic carbocycles. The van der Waals surface area contributed by atoms with Crippen LogP contribution in [0.15, 0.2) is 24.3 Å². The largest absolute Gasteiger partial charge is 0.351 e. The molecule has 0 radical (unpaired) electrons. The number of amides is 2. The van der Waals surface area contributed by atoms with Crippen molar-refractivity contribution in [2.75, 3.05) is 32.7 Å². The summed E-state index contributed by atoms with van der Waals surface area (Å²) in [7, 11) is 0. The Hall–Kier alpha value is -1.26. The number of halogens is 1. The lowest BCUT2D eigenvalue weighted by atomic mass is 10.1. The van der Waals surface area contributed by atoms with Crippen molar-refractivity contribution < 1.29 is 4.79 Å². The Morgan fingerprint density at radius 2 is 1.90 bits per heavy atom. The van der Waals surface area contributed by atoms with Crippen LogP contribution in [-0.4, -0.2) is 48.6 Å². The summed E-state index contributed by atoms with van der Waals surface area (Å²) in [4.78, 5) is 15.3. The van der Waals surface area contributed by atoms with E-state index in [0.717, 1.165) is 57.0 Å². The fraction of sp³-hybridized carbons (Fsp3) is 0.533. The van der Waals surface area contributed by atoms with Crippen molar-refractivity contribution in [3.8, 4) is 0 Å². The maximum absolute atomic E-state index is 11.2. The highest BCUT2D eigenvalue weighted by atomic mass is 35.5. The fourth-order valence-electron chi connectivity index (χ4n) is 2.57. The number of primary amides is 1. The molecule has 0 spiro atoms. The van der Waals surface area contributed by atoms with Crippen LogP contribution in [0.3, 0.4) is 0 Å². The average molecular weight is 296 g/mol. The van der Waals surface area contributed by atoms with Gasteiger partial charge in [-0.2, -0.15) is 0 Å². The monoisotopic (exact) mass is 295 g/mol. The van der Waals surface area contributed by atoms with Gasteiger partial charge in [-0.25, -0.2) is 4.79 Å². The van der Waals surface area contributed by atoms with E-state index in [0.29, 0.717) is 0 Å². The number of urea groups is 1. The molecule has 1 aromatic rings. The first-order valence-electron chi connectivity index (χ1n) is 7.16. The molecule has 0 unspecified atom stereocenters. The summed E-state index contributed by atoms with van der Waals surface area (Å²) in [5.41, 5.74) is 6.65. The van der Waals surface area contributed by atoms with Gasteiger partial charge in [0.2, 0.25) is 0 Å². The summed E-state index contributed by atoms with van der Waals surface area (Å²) in [5.74, 6) is 0. The Morgan fingerprint density at radius 1 is 1.15 bits per heavy atom. The summed E-state index contributed by atoms with van der Waals surface area (Å²) in [6.45, 7) is 4.56. The van der Waals surface area contributed by atoms with E-state index in [4.69, 9.17) is 17.3 Å². The Kier molecular flexibility index (Phi) is 5.68. The third kappa shape index (κ3) is 4.69. The molecule has 1 aromatic carbocycles. The fourth-order valence-corrected chi connectivity index (χ4v) is 2.70. The Bertz CT molecular complexity index is 435. The number of hydrogen-bond acceptors (Lipinski definition) is 2. The minimum Gasteiger partial charge on any atom is -0.351 e. The highest BCUT2D eigenvalue weighted by Crippen LogP contribution is 2.11. The van der Waals surface area contributed by atoms with E-state index in [1.165, 1.54) is 5.56 Å². The second kappa shape index (κ2) is 7.50. The molecule has 0 aromatic heterocycles. The van der Waals surface area contributed by atoms with E-state index in [9.17, 15) is 4.79 Å². The predicted octanol–water partition coefficient (Wildman–Crippen LogP) is 2.36. The summed E-state index contributed by atoms with van der Waals surface area (Å²) in [5, 5.41) is 0.785. The Labute approximate surface area is 125 Å². The lowest BCUT2D eigenvalue weighted by molar-refractivity contribution is 0.207. The van der Waals surface area contributed by atoms with Gasteiger partial charge in [-0.15, -0.1) is 0 Å². The number of benzene rings is 1. The molecule has 0 bridgehead atoms. The molecule has 2 amide bonds. The zero-order valence-corrected chi connectivity index (χ0v) is 12.5. The second-order valence-electron chi connectivity index (χ2n) is 5.25. The van der Waals surface area contributed by atoms with Crippen LogP contribution in [-0.2, 0) is 6.42 Å². The predicted molar refractivity (Wildman–Crippen MR) is 82.0 cm³/mol. The van der Waals surface area contributed by atoms with Gasteiger partial charge < -0.3 is 15.5 Å². The highest BCUT2D eigenvalue weighted by molar-refractivity contribution is 6.30. The summed E-state index contributed by atoms with van der Waals surface area (Å²) in [6, 6.07) is 7.74. The standard InChI is InChI=1S/C15H22ClN3O/c16-14-6-4-13(5-7-14)3-1-8-18-9-2-10-19(12-11-18)15(17)20/h4-7H,1-3,8-12H2,(H2,17,20). The van der Waals surface area contributed by atoms with Gasteiger partial charge >= 0.3 is 6.03 Å². The van der Waals surface area contributed by atoms with Crippen molar-refractivity contribution >= 4 is 17.6 Å². The normalized spacial score (nSPS) is 16.9. The molecule has 20 heavy (non-hydrogen) atoms. The van der Waals surface area contributed by atoms with Gasteiger partial charge in [0.1, 0.15) is 0 Å². The zero-order valence-electron chi connectivity index (χ0n) is 11.7. The number of nitrogens with two attached hydrogens (primary N) is 1. The first kappa shape index (κ1) is 15.1. The molecule has 110 valence electrons. The Morgan fingerprint density at radius 3 is 2.60 bits per heavy atom. The van der Waals surface area contributed by atoms with Gasteiger partial charge in [0.25, 0.3) is 0 Å². The smallest absolute Gasteiger partial charge is 0.314 e. The van der Waals surface area contributed by atoms with Gasteiger partial charge in [-0.3, -0.25) is 0 Å². The first-order valence-corrected chi connectivity index (χ1v) is 7.54. The van der Waals surface area contributed by atoms with E-state index in [2.05, 4.69) is 17.0 Å². The molecule has 2 rings (SSSR count). The van der Waals surface area contributed by atoms with Crippen molar-refractivity contribution in [3.05, 3.63) is 34.9 Å². The number of nitrogens with zero attached hydrogens (tertiary/aromatic N) is 2. The number of hydrogen-bond donors (Lipinski definition) is 1. The molecule has 1 fully saturated rings. The summed E-state index contributed by atoms with van der Waals surface area (Å²) >= 11 is 5.87. The topological polar surface area (TPSA) is 49.6 Å². The van der Waals surface area contributed by atoms with Gasteiger partial charge in [0, 0.05) is 24.7 Å². The molecule has 2 N–H and O–H groups in total. The van der Waals surface area contributed by atoms with Crippen LogP contribution in [0.25, 0.3) is 0 Å². The highest BCUT2D eigenvalue weighted by Gasteiger charge is 2.16. The van der Waals surface area contributed by atoms with E-state index in [1.54, 1.807) is 4.90 Å². The van der Waals surface area contributed by atoms with Gasteiger partial charge in [0.05, 0.1) is 0 Å². The summed E-state index contributed by atoms with van der Waals surface area (Å²) in [6.07, 6.45) is 3.19. The zero-order chi connectivity index (χ0) is 14.4. The van der Waals surface area contributed by atoms with Crippen molar-refractivity contribution in [3.63, 3.8) is 0 Å². The van der Waals surface area contributed by atoms with Crippen molar-refractivity contribution in [2.45, 2.75) is 19.3 Å². The van der Waals surface area contributed by atoms with Gasteiger partial charge in [-0.05, 0) is 50.0 Å². The maximum Gasteiger partial charge on any atom is 0.314 e. The molecule has 5 heteroatoms. The SMILES string of the molecule is NC(=O)N1CCCN(CCCc2ccc(Cl)cc2)CC1. The lowest BCUT2D eigenvalue weighted by Crippen LogP contribution is -2.38. The first-order chi connectivity index (χ1) is 9.65. The maximum atomic E-state index is 11.2. The van der Waals surface area contributed by atoms with Crippen LogP contribution in [0.1, 0.15) is 18.4 Å². The van der Waals surface area contributed by atoms with E-state index in [1.807, 2.05) is 12.1 Å². The third-order valence-electron chi connectivity index (χ3n) is 3.75. The molecule has 1 aliphatic rings. The molecule has 1 saturated heterocycles. The van der Waals surface area contributed by atoms with Crippen LogP contribution in [0.2, 0.25) is 5.02 Å². The number of carbonyl (C=O) groups excluding carboxylic acids is 1. The van der Waals surface area contributed by atoms with Gasteiger partial charge in [0.15, 0.2) is 0 Å².